The summed E-state index contributed by atoms with van der Waals surface area (Å²) in [5, 5.41) is 9.96. The molecule has 126 valence electrons. The van der Waals surface area contributed by atoms with Crippen molar-refractivity contribution in [1.29, 1.82) is 0 Å². The molecule has 3 saturated carbocycles. The lowest BCUT2D eigenvalue weighted by molar-refractivity contribution is -0.133. The van der Waals surface area contributed by atoms with Crippen LogP contribution in [0, 0.1) is 34.5 Å². The molecule has 1 unspecified atom stereocenters. The van der Waals surface area contributed by atoms with Gasteiger partial charge in [0.1, 0.15) is 5.78 Å². The van der Waals surface area contributed by atoms with Gasteiger partial charge in [0.15, 0.2) is 5.78 Å². The van der Waals surface area contributed by atoms with E-state index in [4.69, 9.17) is 0 Å². The molecule has 0 aromatic carbocycles. The van der Waals surface area contributed by atoms with Crippen LogP contribution in [0.15, 0.2) is 11.6 Å². The molecule has 0 aromatic heterocycles. The number of ketones is 2. The second-order valence-electron chi connectivity index (χ2n) is 8.89. The van der Waals surface area contributed by atoms with E-state index in [0.717, 1.165) is 38.5 Å². The van der Waals surface area contributed by atoms with Crippen LogP contribution in [0.5, 0.6) is 0 Å². The Balaban J connectivity index is 1.75. The number of rotatable bonds is 1. The smallest absolute Gasteiger partial charge is 0.155 e. The highest BCUT2D eigenvalue weighted by molar-refractivity contribution is 5.92. The molecular weight excluding hydrogens is 288 g/mol. The van der Waals surface area contributed by atoms with E-state index in [1.165, 1.54) is 5.57 Å². The largest absolute Gasteiger partial charge is 0.396 e. The van der Waals surface area contributed by atoms with Crippen molar-refractivity contribution in [2.24, 2.45) is 34.5 Å². The monoisotopic (exact) mass is 316 g/mol. The summed E-state index contributed by atoms with van der Waals surface area (Å²) in [6.07, 6.45) is 8.27. The maximum absolute atomic E-state index is 12.5. The highest BCUT2D eigenvalue weighted by Gasteiger charge is 2.60. The number of carbonyl (C=O) groups excluding carboxylic acids is 2. The topological polar surface area (TPSA) is 54.4 Å². The van der Waals surface area contributed by atoms with E-state index in [-0.39, 0.29) is 29.1 Å². The van der Waals surface area contributed by atoms with Crippen molar-refractivity contribution in [3.8, 4) is 0 Å². The molecule has 1 N–H and O–H groups in total. The van der Waals surface area contributed by atoms with Crippen molar-refractivity contribution in [2.45, 2.75) is 58.8 Å². The molecule has 3 fully saturated rings. The fourth-order valence-electron chi connectivity index (χ4n) is 6.73. The summed E-state index contributed by atoms with van der Waals surface area (Å²) >= 11 is 0. The van der Waals surface area contributed by atoms with E-state index in [9.17, 15) is 14.7 Å². The van der Waals surface area contributed by atoms with Gasteiger partial charge in [-0.15, -0.1) is 0 Å². The zero-order valence-corrected chi connectivity index (χ0v) is 14.3. The third-order valence-electron chi connectivity index (χ3n) is 8.05. The molecule has 23 heavy (non-hydrogen) atoms. The first-order valence-corrected chi connectivity index (χ1v) is 9.29. The fraction of sp³-hybridized carbons (Fsp3) is 0.800. The molecule has 0 radical (unpaired) electrons. The van der Waals surface area contributed by atoms with Gasteiger partial charge in [-0.05, 0) is 61.3 Å². The lowest BCUT2D eigenvalue weighted by Crippen LogP contribution is -2.53. The second kappa shape index (κ2) is 5.02. The van der Waals surface area contributed by atoms with Gasteiger partial charge in [0.25, 0.3) is 0 Å². The van der Waals surface area contributed by atoms with Gasteiger partial charge in [-0.1, -0.05) is 19.4 Å². The molecule has 0 saturated heterocycles. The van der Waals surface area contributed by atoms with Crippen LogP contribution in [0.3, 0.4) is 0 Å². The Hall–Kier alpha value is -0.960. The molecule has 0 bridgehead atoms. The number of aliphatic hydroxyl groups excluding tert-OH is 1. The number of hydrogen-bond donors (Lipinski definition) is 1. The zero-order valence-electron chi connectivity index (χ0n) is 14.3. The van der Waals surface area contributed by atoms with Crippen molar-refractivity contribution in [1.82, 2.24) is 0 Å². The third kappa shape index (κ3) is 1.98. The Morgan fingerprint density at radius 2 is 1.83 bits per heavy atom. The van der Waals surface area contributed by atoms with Crippen molar-refractivity contribution in [2.75, 3.05) is 6.61 Å². The standard InChI is InChI=1S/C20H28O3/c1-19-7-5-13(22)10-17(19)12(11-21)9-14-15-3-4-18(23)20(15,2)8-6-16(14)19/h10,12,14-16,21H,3-9,11H2,1-2H3/t12?,14-,15-,16-,19+,20-/m0/s1. The van der Waals surface area contributed by atoms with Crippen LogP contribution in [0.1, 0.15) is 58.8 Å². The van der Waals surface area contributed by atoms with Gasteiger partial charge in [0.05, 0.1) is 0 Å². The van der Waals surface area contributed by atoms with Gasteiger partial charge >= 0.3 is 0 Å². The van der Waals surface area contributed by atoms with Gasteiger partial charge in [-0.2, -0.15) is 0 Å². The molecule has 4 rings (SSSR count). The zero-order chi connectivity index (χ0) is 16.4. The van der Waals surface area contributed by atoms with E-state index in [2.05, 4.69) is 13.8 Å². The number of hydrogen-bond acceptors (Lipinski definition) is 3. The van der Waals surface area contributed by atoms with Crippen LogP contribution in [0.25, 0.3) is 0 Å². The van der Waals surface area contributed by atoms with Crippen LogP contribution in [-0.4, -0.2) is 23.3 Å². The van der Waals surface area contributed by atoms with Gasteiger partial charge < -0.3 is 5.11 Å². The summed E-state index contributed by atoms with van der Waals surface area (Å²) in [5.74, 6) is 2.40. The molecule has 0 amide bonds. The van der Waals surface area contributed by atoms with E-state index in [1.54, 1.807) is 0 Å². The van der Waals surface area contributed by atoms with Crippen molar-refractivity contribution >= 4 is 11.6 Å². The minimum absolute atomic E-state index is 0.0528. The molecule has 0 heterocycles. The average Bonchev–Trinajstić information content (AvgIpc) is 2.83. The van der Waals surface area contributed by atoms with Gasteiger partial charge in [0.2, 0.25) is 0 Å². The summed E-state index contributed by atoms with van der Waals surface area (Å²) in [7, 11) is 0. The lowest BCUT2D eigenvalue weighted by atomic mass is 9.45. The van der Waals surface area contributed by atoms with Gasteiger partial charge in [-0.25, -0.2) is 0 Å². The average molecular weight is 316 g/mol. The molecule has 0 aromatic rings. The number of Topliss-reactive ketones (excluding diaryl/α,β-unsaturated/α-hetero) is 1. The first-order chi connectivity index (χ1) is 10.9. The Kier molecular flexibility index (Phi) is 3.39. The summed E-state index contributed by atoms with van der Waals surface area (Å²) in [4.78, 5) is 24.4. The molecule has 3 heteroatoms. The quantitative estimate of drug-likeness (QED) is 0.807. The first-order valence-electron chi connectivity index (χ1n) is 9.29. The van der Waals surface area contributed by atoms with Crippen molar-refractivity contribution in [3.63, 3.8) is 0 Å². The number of fused-ring (bicyclic) bond motifs is 5. The minimum Gasteiger partial charge on any atom is -0.396 e. The van der Waals surface area contributed by atoms with E-state index in [1.807, 2.05) is 6.08 Å². The summed E-state index contributed by atoms with van der Waals surface area (Å²) in [6.45, 7) is 4.65. The Morgan fingerprint density at radius 1 is 1.09 bits per heavy atom. The van der Waals surface area contributed by atoms with Crippen LogP contribution in [-0.2, 0) is 9.59 Å². The van der Waals surface area contributed by atoms with Crippen LogP contribution in [0.2, 0.25) is 0 Å². The maximum Gasteiger partial charge on any atom is 0.155 e. The van der Waals surface area contributed by atoms with Crippen LogP contribution in [0.4, 0.5) is 0 Å². The maximum atomic E-state index is 12.5. The highest BCUT2D eigenvalue weighted by atomic mass is 16.3. The summed E-state index contributed by atoms with van der Waals surface area (Å²) in [6, 6.07) is 0. The van der Waals surface area contributed by atoms with E-state index < -0.39 is 0 Å². The molecule has 6 atom stereocenters. The number of aliphatic hydroxyl groups is 1. The Bertz CT molecular complexity index is 592. The fourth-order valence-corrected chi connectivity index (χ4v) is 6.73. The normalized spacial score (nSPS) is 49.3. The SMILES string of the molecule is C[C@]12CCC(=O)C=C1C(CO)C[C@@H]1[C@@H]2CC[C@]2(C)C(=O)CC[C@@H]12. The lowest BCUT2D eigenvalue weighted by Gasteiger charge is -2.58. The van der Waals surface area contributed by atoms with Crippen LogP contribution < -0.4 is 0 Å². The highest BCUT2D eigenvalue weighted by Crippen LogP contribution is 2.65. The summed E-state index contributed by atoms with van der Waals surface area (Å²) in [5.41, 5.74) is 1.14. The molecule has 4 aliphatic rings. The Morgan fingerprint density at radius 3 is 2.57 bits per heavy atom. The van der Waals surface area contributed by atoms with Gasteiger partial charge in [0, 0.05) is 30.8 Å². The molecular formula is C20H28O3. The molecule has 4 aliphatic carbocycles. The van der Waals surface area contributed by atoms with Crippen LogP contribution >= 0.6 is 0 Å². The minimum atomic E-state index is -0.122. The number of carbonyl (C=O) groups is 2. The Labute approximate surface area is 138 Å². The molecule has 0 aliphatic heterocycles. The first kappa shape index (κ1) is 15.6. The molecule has 3 nitrogen and oxygen atoms in total. The van der Waals surface area contributed by atoms with E-state index >= 15 is 0 Å². The van der Waals surface area contributed by atoms with Gasteiger partial charge in [-0.3, -0.25) is 9.59 Å². The molecule has 0 spiro atoms. The van der Waals surface area contributed by atoms with Crippen molar-refractivity contribution in [3.05, 3.63) is 11.6 Å². The third-order valence-corrected chi connectivity index (χ3v) is 8.05. The predicted octanol–water partition coefficient (Wildman–Crippen LogP) is 3.31. The van der Waals surface area contributed by atoms with E-state index in [0.29, 0.717) is 30.0 Å². The summed E-state index contributed by atoms with van der Waals surface area (Å²) < 4.78 is 0. The second-order valence-corrected chi connectivity index (χ2v) is 8.89. The predicted molar refractivity (Wildman–Crippen MR) is 87.7 cm³/mol. The van der Waals surface area contributed by atoms with Crippen molar-refractivity contribution < 1.29 is 14.7 Å².